The molecule has 0 saturated carbocycles. The van der Waals surface area contributed by atoms with E-state index in [4.69, 9.17) is 0 Å². The van der Waals surface area contributed by atoms with E-state index in [1.807, 2.05) is 13.1 Å². The van der Waals surface area contributed by atoms with E-state index in [1.54, 1.807) is 17.2 Å². The van der Waals surface area contributed by atoms with E-state index in [2.05, 4.69) is 31.1 Å². The van der Waals surface area contributed by atoms with Crippen molar-refractivity contribution in [2.24, 2.45) is 5.92 Å². The minimum atomic E-state index is 0.0627. The topological polar surface area (TPSA) is 45.2 Å². The minimum absolute atomic E-state index is 0.0627. The summed E-state index contributed by atoms with van der Waals surface area (Å²) in [7, 11) is 1.85. The maximum atomic E-state index is 12.3. The standard InChI is InChI=1S/C16H27N3O/c1-5-6-11-19(4)16(20)14-8-10-18-15(12-14)17-9-7-13(2)3/h8,10,12-13H,5-7,9,11H2,1-4H3,(H,17,18). The number of aromatic nitrogens is 1. The van der Waals surface area contributed by atoms with Gasteiger partial charge in [-0.25, -0.2) is 4.98 Å². The second-order valence-electron chi connectivity index (χ2n) is 5.62. The van der Waals surface area contributed by atoms with E-state index in [-0.39, 0.29) is 5.91 Å². The van der Waals surface area contributed by atoms with Gasteiger partial charge in [0.15, 0.2) is 0 Å². The first-order valence-electron chi connectivity index (χ1n) is 7.50. The smallest absolute Gasteiger partial charge is 0.253 e. The van der Waals surface area contributed by atoms with E-state index in [1.165, 1.54) is 0 Å². The van der Waals surface area contributed by atoms with Gasteiger partial charge in [0, 0.05) is 31.9 Å². The van der Waals surface area contributed by atoms with Crippen LogP contribution in [-0.4, -0.2) is 35.9 Å². The maximum Gasteiger partial charge on any atom is 0.253 e. The summed E-state index contributed by atoms with van der Waals surface area (Å²) in [5, 5.41) is 3.27. The molecule has 1 amide bonds. The van der Waals surface area contributed by atoms with Gasteiger partial charge in [-0.15, -0.1) is 0 Å². The van der Waals surface area contributed by atoms with Crippen LogP contribution in [0, 0.1) is 5.92 Å². The average molecular weight is 277 g/mol. The summed E-state index contributed by atoms with van der Waals surface area (Å²) in [5.74, 6) is 1.50. The van der Waals surface area contributed by atoms with Gasteiger partial charge in [-0.3, -0.25) is 4.79 Å². The van der Waals surface area contributed by atoms with Gasteiger partial charge in [-0.05, 0) is 30.9 Å². The van der Waals surface area contributed by atoms with Crippen LogP contribution in [0.3, 0.4) is 0 Å². The molecule has 0 aliphatic carbocycles. The Kier molecular flexibility index (Phi) is 7.05. The highest BCUT2D eigenvalue weighted by molar-refractivity contribution is 5.94. The van der Waals surface area contributed by atoms with Gasteiger partial charge in [0.05, 0.1) is 0 Å². The van der Waals surface area contributed by atoms with Gasteiger partial charge in [-0.2, -0.15) is 0 Å². The molecule has 1 rings (SSSR count). The number of rotatable bonds is 8. The Morgan fingerprint density at radius 1 is 1.45 bits per heavy atom. The second kappa shape index (κ2) is 8.56. The zero-order valence-corrected chi connectivity index (χ0v) is 13.1. The first-order valence-corrected chi connectivity index (χ1v) is 7.50. The zero-order valence-electron chi connectivity index (χ0n) is 13.1. The van der Waals surface area contributed by atoms with Gasteiger partial charge < -0.3 is 10.2 Å². The second-order valence-corrected chi connectivity index (χ2v) is 5.62. The predicted octanol–water partition coefficient (Wildman–Crippen LogP) is 3.41. The average Bonchev–Trinajstić information content (AvgIpc) is 2.44. The van der Waals surface area contributed by atoms with Crippen LogP contribution in [0.25, 0.3) is 0 Å². The summed E-state index contributed by atoms with van der Waals surface area (Å²) in [5.41, 5.74) is 0.700. The molecule has 0 aliphatic rings. The summed E-state index contributed by atoms with van der Waals surface area (Å²) in [6.07, 6.45) is 4.91. The van der Waals surface area contributed by atoms with E-state index >= 15 is 0 Å². The lowest BCUT2D eigenvalue weighted by Crippen LogP contribution is -2.27. The first kappa shape index (κ1) is 16.5. The summed E-state index contributed by atoms with van der Waals surface area (Å²) < 4.78 is 0. The third kappa shape index (κ3) is 5.59. The highest BCUT2D eigenvalue weighted by atomic mass is 16.2. The molecule has 1 N–H and O–H groups in total. The van der Waals surface area contributed by atoms with Gasteiger partial charge in [0.25, 0.3) is 5.91 Å². The molecule has 4 nitrogen and oxygen atoms in total. The van der Waals surface area contributed by atoms with Crippen LogP contribution in [0.4, 0.5) is 5.82 Å². The Morgan fingerprint density at radius 3 is 2.85 bits per heavy atom. The minimum Gasteiger partial charge on any atom is -0.370 e. The fourth-order valence-corrected chi connectivity index (χ4v) is 1.87. The molecule has 0 unspecified atom stereocenters. The number of amides is 1. The molecule has 0 spiro atoms. The van der Waals surface area contributed by atoms with E-state index in [9.17, 15) is 4.79 Å². The number of hydrogen-bond acceptors (Lipinski definition) is 3. The van der Waals surface area contributed by atoms with Crippen molar-refractivity contribution >= 4 is 11.7 Å². The molecule has 0 radical (unpaired) electrons. The van der Waals surface area contributed by atoms with E-state index < -0.39 is 0 Å². The third-order valence-corrected chi connectivity index (χ3v) is 3.23. The molecule has 0 atom stereocenters. The van der Waals surface area contributed by atoms with Crippen LogP contribution in [0.1, 0.15) is 50.4 Å². The number of anilines is 1. The summed E-state index contributed by atoms with van der Waals surface area (Å²) in [6.45, 7) is 8.19. The molecular weight excluding hydrogens is 250 g/mol. The van der Waals surface area contributed by atoms with Crippen LogP contribution in [0.2, 0.25) is 0 Å². The van der Waals surface area contributed by atoms with Gasteiger partial charge in [-0.1, -0.05) is 27.2 Å². The number of carbonyl (C=O) groups is 1. The molecule has 0 aliphatic heterocycles. The Hall–Kier alpha value is -1.58. The van der Waals surface area contributed by atoms with Crippen LogP contribution in [0.15, 0.2) is 18.3 Å². The number of nitrogens with one attached hydrogen (secondary N) is 1. The van der Waals surface area contributed by atoms with Gasteiger partial charge >= 0.3 is 0 Å². The zero-order chi connectivity index (χ0) is 15.0. The van der Waals surface area contributed by atoms with Crippen LogP contribution in [-0.2, 0) is 0 Å². The normalized spacial score (nSPS) is 10.7. The number of nitrogens with zero attached hydrogens (tertiary/aromatic N) is 2. The molecule has 0 bridgehead atoms. The number of hydrogen-bond donors (Lipinski definition) is 1. The maximum absolute atomic E-state index is 12.3. The molecule has 112 valence electrons. The summed E-state index contributed by atoms with van der Waals surface area (Å²) >= 11 is 0. The molecule has 1 aromatic heterocycles. The summed E-state index contributed by atoms with van der Waals surface area (Å²) in [6, 6.07) is 3.61. The highest BCUT2D eigenvalue weighted by Gasteiger charge is 2.11. The molecule has 0 aromatic carbocycles. The van der Waals surface area contributed by atoms with Crippen molar-refractivity contribution in [1.29, 1.82) is 0 Å². The Balaban J connectivity index is 2.60. The number of pyridine rings is 1. The lowest BCUT2D eigenvalue weighted by atomic mass is 10.1. The van der Waals surface area contributed by atoms with Crippen molar-refractivity contribution in [2.45, 2.75) is 40.0 Å². The lowest BCUT2D eigenvalue weighted by molar-refractivity contribution is 0.0793. The fraction of sp³-hybridized carbons (Fsp3) is 0.625. The molecular formula is C16H27N3O. The van der Waals surface area contributed by atoms with Gasteiger partial charge in [0.1, 0.15) is 5.82 Å². The van der Waals surface area contributed by atoms with Crippen molar-refractivity contribution in [3.05, 3.63) is 23.9 Å². The molecule has 1 aromatic rings. The van der Waals surface area contributed by atoms with Crippen LogP contribution < -0.4 is 5.32 Å². The fourth-order valence-electron chi connectivity index (χ4n) is 1.87. The van der Waals surface area contributed by atoms with E-state index in [0.29, 0.717) is 11.5 Å². The number of unbranched alkanes of at least 4 members (excludes halogenated alkanes) is 1. The Labute approximate surface area is 122 Å². The Bertz CT molecular complexity index is 418. The van der Waals surface area contributed by atoms with Crippen molar-refractivity contribution in [3.8, 4) is 0 Å². The molecule has 0 fully saturated rings. The molecule has 0 saturated heterocycles. The van der Waals surface area contributed by atoms with Crippen molar-refractivity contribution in [3.63, 3.8) is 0 Å². The third-order valence-electron chi connectivity index (χ3n) is 3.23. The van der Waals surface area contributed by atoms with Crippen molar-refractivity contribution in [2.75, 3.05) is 25.5 Å². The highest BCUT2D eigenvalue weighted by Crippen LogP contribution is 2.10. The SMILES string of the molecule is CCCCN(C)C(=O)c1ccnc(NCCC(C)C)c1. The largest absolute Gasteiger partial charge is 0.370 e. The van der Waals surface area contributed by atoms with Crippen molar-refractivity contribution in [1.82, 2.24) is 9.88 Å². The molecule has 4 heteroatoms. The van der Waals surface area contributed by atoms with Crippen LogP contribution in [0.5, 0.6) is 0 Å². The number of carbonyl (C=O) groups excluding carboxylic acids is 1. The quantitative estimate of drug-likeness (QED) is 0.792. The van der Waals surface area contributed by atoms with E-state index in [0.717, 1.165) is 38.2 Å². The lowest BCUT2D eigenvalue weighted by Gasteiger charge is -2.17. The first-order chi connectivity index (χ1) is 9.54. The van der Waals surface area contributed by atoms with Gasteiger partial charge in [0.2, 0.25) is 0 Å². The predicted molar refractivity (Wildman–Crippen MR) is 84.1 cm³/mol. The molecule has 20 heavy (non-hydrogen) atoms. The molecule has 1 heterocycles. The summed E-state index contributed by atoms with van der Waals surface area (Å²) in [4.78, 5) is 18.3. The Morgan fingerprint density at radius 2 is 2.20 bits per heavy atom. The monoisotopic (exact) mass is 277 g/mol. The van der Waals surface area contributed by atoms with Crippen LogP contribution >= 0.6 is 0 Å². The van der Waals surface area contributed by atoms with Crippen molar-refractivity contribution < 1.29 is 4.79 Å².